The highest BCUT2D eigenvalue weighted by Crippen LogP contribution is 2.28. The summed E-state index contributed by atoms with van der Waals surface area (Å²) in [6.45, 7) is 3.92. The zero-order chi connectivity index (χ0) is 18.2. The molecule has 0 spiro atoms. The van der Waals surface area contributed by atoms with Crippen LogP contribution in [-0.4, -0.2) is 37.5 Å². The van der Waals surface area contributed by atoms with Crippen molar-refractivity contribution in [1.82, 2.24) is 4.98 Å². The molecule has 1 N–H and O–H groups in total. The average molecular weight is 363 g/mol. The maximum atomic E-state index is 11.2. The summed E-state index contributed by atoms with van der Waals surface area (Å²) in [4.78, 5) is 15.5. The zero-order valence-electron chi connectivity index (χ0n) is 14.6. The Morgan fingerprint density at radius 1 is 1.36 bits per heavy atom. The normalized spacial score (nSPS) is 10.9. The standard InChI is InChI=1S/C17H21N3O4S/c1-11(2)24-14-6-5-12(7-15(14)22-3)9-18-20-17-19-13(10-25-17)8-16(21)23-4/h5-7,9-11H,8H2,1-4H3,(H,19,20)/b18-9-. The molecule has 2 rings (SSSR count). The number of hydrogen-bond donors (Lipinski definition) is 1. The van der Waals surface area contributed by atoms with Crippen LogP contribution in [-0.2, 0) is 16.0 Å². The monoisotopic (exact) mass is 363 g/mol. The average Bonchev–Trinajstić information content (AvgIpc) is 3.02. The smallest absolute Gasteiger partial charge is 0.311 e. The third kappa shape index (κ3) is 5.75. The van der Waals surface area contributed by atoms with Gasteiger partial charge in [-0.3, -0.25) is 10.2 Å². The van der Waals surface area contributed by atoms with Crippen molar-refractivity contribution in [3.63, 3.8) is 0 Å². The van der Waals surface area contributed by atoms with Crippen LogP contribution in [0.25, 0.3) is 0 Å². The second-order valence-corrected chi connectivity index (χ2v) is 6.20. The molecule has 0 saturated carbocycles. The largest absolute Gasteiger partial charge is 0.493 e. The predicted molar refractivity (Wildman–Crippen MR) is 97.8 cm³/mol. The first-order valence-corrected chi connectivity index (χ1v) is 8.54. The summed E-state index contributed by atoms with van der Waals surface area (Å²) in [6.07, 6.45) is 1.87. The van der Waals surface area contributed by atoms with E-state index in [-0.39, 0.29) is 18.5 Å². The van der Waals surface area contributed by atoms with Crippen LogP contribution in [0.2, 0.25) is 0 Å². The highest BCUT2D eigenvalue weighted by atomic mass is 32.1. The molecule has 0 saturated heterocycles. The van der Waals surface area contributed by atoms with E-state index in [1.807, 2.05) is 32.0 Å². The molecule has 0 unspecified atom stereocenters. The summed E-state index contributed by atoms with van der Waals surface area (Å²) in [5.41, 5.74) is 4.34. The first kappa shape index (κ1) is 18.7. The third-order valence-corrected chi connectivity index (χ3v) is 3.82. The van der Waals surface area contributed by atoms with Crippen LogP contribution in [0, 0.1) is 0 Å². The van der Waals surface area contributed by atoms with Gasteiger partial charge in [-0.2, -0.15) is 5.10 Å². The van der Waals surface area contributed by atoms with Crippen molar-refractivity contribution < 1.29 is 19.0 Å². The van der Waals surface area contributed by atoms with Crippen LogP contribution in [0.1, 0.15) is 25.1 Å². The number of hydrogen-bond acceptors (Lipinski definition) is 8. The van der Waals surface area contributed by atoms with E-state index >= 15 is 0 Å². The fourth-order valence-corrected chi connectivity index (χ4v) is 2.60. The van der Waals surface area contributed by atoms with Crippen molar-refractivity contribution in [2.24, 2.45) is 5.10 Å². The van der Waals surface area contributed by atoms with Gasteiger partial charge in [-0.15, -0.1) is 11.3 Å². The highest BCUT2D eigenvalue weighted by Gasteiger charge is 2.08. The number of carbonyl (C=O) groups is 1. The van der Waals surface area contributed by atoms with Crippen LogP contribution in [0.4, 0.5) is 5.13 Å². The minimum Gasteiger partial charge on any atom is -0.493 e. The van der Waals surface area contributed by atoms with Gasteiger partial charge >= 0.3 is 5.97 Å². The number of carbonyl (C=O) groups excluding carboxylic acids is 1. The molecule has 2 aromatic rings. The lowest BCUT2D eigenvalue weighted by molar-refractivity contribution is -0.139. The van der Waals surface area contributed by atoms with E-state index in [1.54, 1.807) is 18.7 Å². The van der Waals surface area contributed by atoms with Gasteiger partial charge in [-0.25, -0.2) is 4.98 Å². The number of esters is 1. The Labute approximate surface area is 150 Å². The van der Waals surface area contributed by atoms with Gasteiger partial charge in [0.25, 0.3) is 0 Å². The second kappa shape index (κ2) is 9.03. The molecule has 0 amide bonds. The Hall–Kier alpha value is -2.61. The van der Waals surface area contributed by atoms with Gasteiger partial charge in [-0.05, 0) is 37.6 Å². The molecule has 134 valence electrons. The molecule has 1 aromatic carbocycles. The van der Waals surface area contributed by atoms with Gasteiger partial charge in [0.15, 0.2) is 11.5 Å². The minimum atomic E-state index is -0.323. The Kier molecular flexibility index (Phi) is 6.76. The first-order chi connectivity index (χ1) is 12.0. The summed E-state index contributed by atoms with van der Waals surface area (Å²) in [5.74, 6) is 1.01. The van der Waals surface area contributed by atoms with Gasteiger partial charge in [0, 0.05) is 5.38 Å². The maximum absolute atomic E-state index is 11.2. The van der Waals surface area contributed by atoms with E-state index < -0.39 is 0 Å². The van der Waals surface area contributed by atoms with E-state index in [9.17, 15) is 4.79 Å². The number of nitrogens with zero attached hydrogens (tertiary/aromatic N) is 2. The third-order valence-electron chi connectivity index (χ3n) is 3.03. The number of aromatic nitrogens is 1. The van der Waals surface area contributed by atoms with Gasteiger partial charge in [0.2, 0.25) is 5.13 Å². The molecule has 0 aliphatic carbocycles. The summed E-state index contributed by atoms with van der Waals surface area (Å²) in [5, 5.41) is 6.54. The number of methoxy groups -OCH3 is 2. The lowest BCUT2D eigenvalue weighted by Crippen LogP contribution is -2.06. The number of ether oxygens (including phenoxy) is 3. The van der Waals surface area contributed by atoms with E-state index in [0.717, 1.165) is 5.56 Å². The number of nitrogens with one attached hydrogen (secondary N) is 1. The lowest BCUT2D eigenvalue weighted by Gasteiger charge is -2.13. The van der Waals surface area contributed by atoms with Crippen LogP contribution in [0.3, 0.4) is 0 Å². The van der Waals surface area contributed by atoms with Gasteiger partial charge in [-0.1, -0.05) is 0 Å². The molecule has 8 heteroatoms. The number of anilines is 1. The van der Waals surface area contributed by atoms with Crippen molar-refractivity contribution >= 4 is 28.7 Å². The number of benzene rings is 1. The number of rotatable bonds is 8. The van der Waals surface area contributed by atoms with Gasteiger partial charge in [0.1, 0.15) is 0 Å². The van der Waals surface area contributed by atoms with E-state index in [2.05, 4.69) is 20.2 Å². The molecule has 7 nitrogen and oxygen atoms in total. The summed E-state index contributed by atoms with van der Waals surface area (Å²) < 4.78 is 15.6. The SMILES string of the molecule is COC(=O)Cc1csc(N/N=C\c2ccc(OC(C)C)c(OC)c2)n1. The number of thiazole rings is 1. The fourth-order valence-electron chi connectivity index (χ4n) is 1.94. The maximum Gasteiger partial charge on any atom is 0.311 e. The second-order valence-electron chi connectivity index (χ2n) is 5.34. The molecule has 1 heterocycles. The molecular formula is C17H21N3O4S. The summed E-state index contributed by atoms with van der Waals surface area (Å²) in [7, 11) is 2.95. The number of hydrazone groups is 1. The van der Waals surface area contributed by atoms with E-state index in [0.29, 0.717) is 22.3 Å². The quantitative estimate of drug-likeness (QED) is 0.441. The van der Waals surface area contributed by atoms with Gasteiger partial charge in [0.05, 0.1) is 38.7 Å². The lowest BCUT2D eigenvalue weighted by atomic mass is 10.2. The summed E-state index contributed by atoms with van der Waals surface area (Å²) >= 11 is 1.37. The predicted octanol–water partition coefficient (Wildman–Crippen LogP) is 3.10. The molecule has 0 bridgehead atoms. The van der Waals surface area contributed by atoms with Crippen LogP contribution >= 0.6 is 11.3 Å². The molecular weight excluding hydrogens is 342 g/mol. The van der Waals surface area contributed by atoms with Crippen molar-refractivity contribution in [3.05, 3.63) is 34.8 Å². The van der Waals surface area contributed by atoms with Crippen molar-refractivity contribution in [2.75, 3.05) is 19.6 Å². The molecule has 25 heavy (non-hydrogen) atoms. The molecule has 0 aliphatic heterocycles. The molecule has 0 fully saturated rings. The Morgan fingerprint density at radius 3 is 2.84 bits per heavy atom. The molecule has 1 aromatic heterocycles. The Balaban J connectivity index is 1.98. The van der Waals surface area contributed by atoms with Crippen LogP contribution in [0.5, 0.6) is 11.5 Å². The van der Waals surface area contributed by atoms with Crippen LogP contribution in [0.15, 0.2) is 28.7 Å². The Bertz CT molecular complexity index is 743. The molecule has 0 atom stereocenters. The molecule has 0 radical (unpaired) electrons. The highest BCUT2D eigenvalue weighted by molar-refractivity contribution is 7.13. The van der Waals surface area contributed by atoms with Crippen molar-refractivity contribution in [2.45, 2.75) is 26.4 Å². The van der Waals surface area contributed by atoms with E-state index in [1.165, 1.54) is 18.4 Å². The topological polar surface area (TPSA) is 82.0 Å². The fraction of sp³-hybridized carbons (Fsp3) is 0.353. The minimum absolute atomic E-state index is 0.0687. The van der Waals surface area contributed by atoms with Crippen molar-refractivity contribution in [1.29, 1.82) is 0 Å². The summed E-state index contributed by atoms with van der Waals surface area (Å²) in [6, 6.07) is 5.57. The van der Waals surface area contributed by atoms with Crippen molar-refractivity contribution in [3.8, 4) is 11.5 Å². The first-order valence-electron chi connectivity index (χ1n) is 7.66. The van der Waals surface area contributed by atoms with Gasteiger partial charge < -0.3 is 14.2 Å². The van der Waals surface area contributed by atoms with E-state index in [4.69, 9.17) is 9.47 Å². The Morgan fingerprint density at radius 2 is 2.16 bits per heavy atom. The van der Waals surface area contributed by atoms with Crippen LogP contribution < -0.4 is 14.9 Å². The molecule has 0 aliphatic rings. The zero-order valence-corrected chi connectivity index (χ0v) is 15.4.